The Balaban J connectivity index is 1.88. The summed E-state index contributed by atoms with van der Waals surface area (Å²) in [4.78, 5) is 0. The number of halogens is 1. The van der Waals surface area contributed by atoms with Crippen molar-refractivity contribution in [2.45, 2.75) is 13.8 Å². The highest BCUT2D eigenvalue weighted by Crippen LogP contribution is 2.54. The van der Waals surface area contributed by atoms with Gasteiger partial charge < -0.3 is 5.32 Å². The van der Waals surface area contributed by atoms with Crippen LogP contribution in [0.1, 0.15) is 16.7 Å². The number of hydrogen-bond acceptors (Lipinski definition) is 2. The van der Waals surface area contributed by atoms with E-state index in [0.717, 1.165) is 33.2 Å². The molecular formula is C34H30ClN2P. The van der Waals surface area contributed by atoms with E-state index in [-0.39, 0.29) is 0 Å². The maximum absolute atomic E-state index is 6.72. The Morgan fingerprint density at radius 3 is 1.68 bits per heavy atom. The molecule has 1 N–H and O–H groups in total. The second-order valence-corrected chi connectivity index (χ2v) is 12.5. The maximum Gasteiger partial charge on any atom is 0.0811 e. The van der Waals surface area contributed by atoms with Crippen LogP contribution in [0.5, 0.6) is 0 Å². The average molecular weight is 533 g/mol. The summed E-state index contributed by atoms with van der Waals surface area (Å²) in [5.41, 5.74) is 6.39. The summed E-state index contributed by atoms with van der Waals surface area (Å²) in [6.45, 7) is 4.28. The number of anilines is 1. The third-order valence-corrected chi connectivity index (χ3v) is 10.2. The molecule has 0 heterocycles. The molecule has 2 nitrogen and oxygen atoms in total. The molecule has 0 aliphatic heterocycles. The number of hydrogen-bond donors (Lipinski definition) is 1. The Morgan fingerprint density at radius 2 is 1.13 bits per heavy atom. The van der Waals surface area contributed by atoms with Gasteiger partial charge in [0.1, 0.15) is 0 Å². The molecule has 0 atom stereocenters. The fraction of sp³-hybridized carbons (Fsp3) is 0.0588. The van der Waals surface area contributed by atoms with Crippen LogP contribution in [0.2, 0.25) is 5.02 Å². The van der Waals surface area contributed by atoms with Crippen LogP contribution in [0.15, 0.2) is 144 Å². The number of para-hydroxylation sites is 1. The van der Waals surface area contributed by atoms with Crippen LogP contribution in [0.3, 0.4) is 0 Å². The van der Waals surface area contributed by atoms with Crippen LogP contribution in [0.4, 0.5) is 11.4 Å². The van der Waals surface area contributed by atoms with Gasteiger partial charge in [0.15, 0.2) is 0 Å². The molecule has 0 bridgehead atoms. The lowest BCUT2D eigenvalue weighted by Crippen LogP contribution is -2.16. The van der Waals surface area contributed by atoms with Gasteiger partial charge in [-0.3, -0.25) is 4.74 Å². The van der Waals surface area contributed by atoms with Gasteiger partial charge in [0.25, 0.3) is 0 Å². The lowest BCUT2D eigenvalue weighted by molar-refractivity contribution is 1.36. The fourth-order valence-electron chi connectivity index (χ4n) is 4.59. The Labute approximate surface area is 230 Å². The number of nitrogens with one attached hydrogen (secondary N) is 1. The average Bonchev–Trinajstić information content (AvgIpc) is 2.96. The van der Waals surface area contributed by atoms with Crippen LogP contribution in [0, 0.1) is 13.8 Å². The number of aryl methyl sites for hydroxylation is 2. The SMILES string of the molecule is Cc1cccc(C)c1N/C(=C\P(=Nc1ccccc1Cl)(c1ccccc1)c1ccccc1)c1ccccc1. The number of rotatable bonds is 7. The lowest BCUT2D eigenvalue weighted by Gasteiger charge is -2.26. The molecule has 0 amide bonds. The smallest absolute Gasteiger partial charge is 0.0811 e. The predicted octanol–water partition coefficient (Wildman–Crippen LogP) is 9.55. The molecular weight excluding hydrogens is 503 g/mol. The Bertz CT molecular complexity index is 1550. The maximum atomic E-state index is 6.72. The molecule has 0 saturated heterocycles. The molecule has 0 radical (unpaired) electrons. The third kappa shape index (κ3) is 5.53. The van der Waals surface area contributed by atoms with Crippen molar-refractivity contribution in [3.05, 3.63) is 161 Å². The third-order valence-electron chi connectivity index (χ3n) is 6.56. The number of nitrogens with zero attached hydrogens (tertiary/aromatic N) is 1. The summed E-state index contributed by atoms with van der Waals surface area (Å²) in [6, 6.07) is 45.9. The summed E-state index contributed by atoms with van der Waals surface area (Å²) in [7, 11) is -2.52. The predicted molar refractivity (Wildman–Crippen MR) is 167 cm³/mol. The van der Waals surface area contributed by atoms with Crippen LogP contribution in [-0.4, -0.2) is 0 Å². The van der Waals surface area contributed by atoms with Crippen molar-refractivity contribution in [3.8, 4) is 0 Å². The molecule has 0 aliphatic carbocycles. The molecule has 0 fully saturated rings. The van der Waals surface area contributed by atoms with Gasteiger partial charge in [-0.25, -0.2) is 0 Å². The molecule has 5 rings (SSSR count). The highest BCUT2D eigenvalue weighted by Gasteiger charge is 2.25. The molecule has 0 saturated carbocycles. The van der Waals surface area contributed by atoms with Crippen LogP contribution < -0.4 is 15.9 Å². The minimum Gasteiger partial charge on any atom is -0.355 e. The lowest BCUT2D eigenvalue weighted by atomic mass is 10.1. The van der Waals surface area contributed by atoms with Gasteiger partial charge in [-0.05, 0) is 48.5 Å². The molecule has 0 aliphatic rings. The molecule has 0 spiro atoms. The topological polar surface area (TPSA) is 24.4 Å². The van der Waals surface area contributed by atoms with Gasteiger partial charge in [-0.1, -0.05) is 133 Å². The van der Waals surface area contributed by atoms with E-state index < -0.39 is 7.05 Å². The van der Waals surface area contributed by atoms with Gasteiger partial charge in [0.05, 0.1) is 17.8 Å². The van der Waals surface area contributed by atoms with E-state index in [4.69, 9.17) is 16.3 Å². The van der Waals surface area contributed by atoms with Crippen LogP contribution in [0.25, 0.3) is 5.70 Å². The monoisotopic (exact) mass is 532 g/mol. The van der Waals surface area contributed by atoms with E-state index in [2.05, 4.69) is 128 Å². The van der Waals surface area contributed by atoms with Gasteiger partial charge in [-0.15, -0.1) is 0 Å². The molecule has 188 valence electrons. The minimum atomic E-state index is -2.52. The van der Waals surface area contributed by atoms with E-state index in [1.165, 1.54) is 11.1 Å². The largest absolute Gasteiger partial charge is 0.355 e. The van der Waals surface area contributed by atoms with E-state index in [1.54, 1.807) is 0 Å². The van der Waals surface area contributed by atoms with E-state index in [1.807, 2.05) is 30.3 Å². The summed E-state index contributed by atoms with van der Waals surface area (Å²) in [5, 5.41) is 6.77. The van der Waals surface area contributed by atoms with Crippen molar-refractivity contribution in [3.63, 3.8) is 0 Å². The van der Waals surface area contributed by atoms with Gasteiger partial charge in [0, 0.05) is 22.0 Å². The molecule has 38 heavy (non-hydrogen) atoms. The zero-order chi connectivity index (χ0) is 26.4. The Morgan fingerprint density at radius 1 is 0.632 bits per heavy atom. The fourth-order valence-corrected chi connectivity index (χ4v) is 8.06. The van der Waals surface area contributed by atoms with E-state index in [0.29, 0.717) is 5.02 Å². The normalized spacial score (nSPS) is 11.7. The first-order chi connectivity index (χ1) is 18.6. The van der Waals surface area contributed by atoms with Crippen molar-refractivity contribution < 1.29 is 0 Å². The van der Waals surface area contributed by atoms with E-state index in [9.17, 15) is 0 Å². The summed E-state index contributed by atoms with van der Waals surface area (Å²) in [5.74, 6) is 2.35. The van der Waals surface area contributed by atoms with Crippen molar-refractivity contribution in [1.82, 2.24) is 0 Å². The first-order valence-corrected chi connectivity index (χ1v) is 14.8. The Hall–Kier alpha value is -3.84. The van der Waals surface area contributed by atoms with Crippen LogP contribution in [-0.2, 0) is 0 Å². The minimum absolute atomic E-state index is 0.640. The van der Waals surface area contributed by atoms with Gasteiger partial charge >= 0.3 is 0 Å². The van der Waals surface area contributed by atoms with Crippen molar-refractivity contribution in [1.29, 1.82) is 0 Å². The molecule has 0 aromatic heterocycles. The van der Waals surface area contributed by atoms with Gasteiger partial charge in [0.2, 0.25) is 0 Å². The first kappa shape index (κ1) is 25.8. The molecule has 5 aromatic carbocycles. The van der Waals surface area contributed by atoms with Gasteiger partial charge in [-0.2, -0.15) is 0 Å². The zero-order valence-electron chi connectivity index (χ0n) is 21.6. The molecule has 0 unspecified atom stereocenters. The summed E-state index contributed by atoms with van der Waals surface area (Å²) >= 11 is 6.72. The second-order valence-electron chi connectivity index (χ2n) is 9.21. The van der Waals surface area contributed by atoms with E-state index >= 15 is 0 Å². The quantitative estimate of drug-likeness (QED) is 0.207. The molecule has 4 heteroatoms. The highest BCUT2D eigenvalue weighted by molar-refractivity contribution is 7.83. The zero-order valence-corrected chi connectivity index (χ0v) is 23.2. The second kappa shape index (κ2) is 11.7. The van der Waals surface area contributed by atoms with Crippen LogP contribution >= 0.6 is 18.7 Å². The summed E-state index contributed by atoms with van der Waals surface area (Å²) < 4.78 is 5.54. The standard InChI is InChI=1S/C34H30ClN2P/c1-26-15-14-16-27(2)34(26)36-33(28-17-6-3-7-18-28)25-38(29-19-8-4-9-20-29,30-21-10-5-11-22-30)37-32-24-13-12-23-31(32)35/h3-25,36H,1-2H3/b33-25-. The molecule has 5 aromatic rings. The van der Waals surface area contributed by atoms with Crippen molar-refractivity contribution >= 4 is 46.3 Å². The Kier molecular flexibility index (Phi) is 7.94. The summed E-state index contributed by atoms with van der Waals surface area (Å²) in [6.07, 6.45) is 0. The highest BCUT2D eigenvalue weighted by atomic mass is 35.5. The number of benzene rings is 5. The van der Waals surface area contributed by atoms with Crippen molar-refractivity contribution in [2.24, 2.45) is 4.74 Å². The van der Waals surface area contributed by atoms with Crippen molar-refractivity contribution in [2.75, 3.05) is 5.32 Å². The first-order valence-electron chi connectivity index (χ1n) is 12.7.